The second kappa shape index (κ2) is 4.85. The molecule has 0 aliphatic heterocycles. The molecule has 0 saturated heterocycles. The van der Waals surface area contributed by atoms with E-state index in [1.54, 1.807) is 19.1 Å². The van der Waals surface area contributed by atoms with Crippen molar-refractivity contribution >= 4 is 17.4 Å². The van der Waals surface area contributed by atoms with Gasteiger partial charge in [0.1, 0.15) is 0 Å². The summed E-state index contributed by atoms with van der Waals surface area (Å²) in [7, 11) is 0. The highest BCUT2D eigenvalue weighted by molar-refractivity contribution is 6.30. The van der Waals surface area contributed by atoms with Gasteiger partial charge in [-0.1, -0.05) is 17.7 Å². The standard InChI is InChI=1S/C13H11ClN2O3/c1-7-3-4-9(14)5-11(7)16-12(18)10(8(2)17)6-15-13(16)19/h3-6H,1-2H3,(H,15,19). The Kier molecular flexibility index (Phi) is 3.40. The first-order valence-electron chi connectivity index (χ1n) is 5.54. The number of Topliss-reactive ketones (excluding diaryl/α,β-unsaturated/α-hetero) is 1. The molecule has 0 spiro atoms. The summed E-state index contributed by atoms with van der Waals surface area (Å²) in [6, 6.07) is 4.87. The van der Waals surface area contributed by atoms with Gasteiger partial charge in [-0.3, -0.25) is 9.59 Å². The van der Waals surface area contributed by atoms with Gasteiger partial charge in [0.15, 0.2) is 5.78 Å². The third-order valence-corrected chi connectivity index (χ3v) is 3.00. The monoisotopic (exact) mass is 278 g/mol. The number of H-pyrrole nitrogens is 1. The lowest BCUT2D eigenvalue weighted by Gasteiger charge is -2.09. The average molecular weight is 279 g/mol. The Morgan fingerprint density at radius 1 is 1.32 bits per heavy atom. The summed E-state index contributed by atoms with van der Waals surface area (Å²) in [5, 5.41) is 0.403. The maximum atomic E-state index is 12.2. The predicted octanol–water partition coefficient (Wildman–Crippen LogP) is 1.69. The number of aromatic amines is 1. The molecule has 2 rings (SSSR count). The summed E-state index contributed by atoms with van der Waals surface area (Å²) in [6.45, 7) is 3.02. The van der Waals surface area contributed by atoms with E-state index in [9.17, 15) is 14.4 Å². The van der Waals surface area contributed by atoms with Crippen LogP contribution in [0, 0.1) is 6.92 Å². The van der Waals surface area contributed by atoms with Gasteiger partial charge in [0.2, 0.25) is 0 Å². The Hall–Kier alpha value is -2.14. The molecule has 6 heteroatoms. The number of nitrogens with zero attached hydrogens (tertiary/aromatic N) is 1. The summed E-state index contributed by atoms with van der Waals surface area (Å²) in [5.41, 5.74) is -0.263. The van der Waals surface area contributed by atoms with Crippen LogP contribution in [0.1, 0.15) is 22.8 Å². The van der Waals surface area contributed by atoms with E-state index in [0.717, 1.165) is 10.8 Å². The van der Waals surface area contributed by atoms with Crippen LogP contribution in [-0.2, 0) is 0 Å². The summed E-state index contributed by atoms with van der Waals surface area (Å²) in [6.07, 6.45) is 1.13. The number of aryl methyl sites for hydroxylation is 1. The van der Waals surface area contributed by atoms with Crippen LogP contribution in [0.5, 0.6) is 0 Å². The average Bonchev–Trinajstić information content (AvgIpc) is 2.33. The van der Waals surface area contributed by atoms with Gasteiger partial charge in [-0.15, -0.1) is 0 Å². The fraction of sp³-hybridized carbons (Fsp3) is 0.154. The van der Waals surface area contributed by atoms with Crippen molar-refractivity contribution < 1.29 is 4.79 Å². The van der Waals surface area contributed by atoms with Gasteiger partial charge >= 0.3 is 5.69 Å². The van der Waals surface area contributed by atoms with Crippen LogP contribution in [0.3, 0.4) is 0 Å². The van der Waals surface area contributed by atoms with Crippen LogP contribution >= 0.6 is 11.6 Å². The largest absolute Gasteiger partial charge is 0.333 e. The van der Waals surface area contributed by atoms with Gasteiger partial charge in [-0.25, -0.2) is 9.36 Å². The van der Waals surface area contributed by atoms with Crippen LogP contribution in [-0.4, -0.2) is 15.3 Å². The van der Waals surface area contributed by atoms with E-state index >= 15 is 0 Å². The molecule has 0 aliphatic rings. The van der Waals surface area contributed by atoms with Crippen molar-refractivity contribution in [3.63, 3.8) is 0 Å². The third kappa shape index (κ3) is 2.37. The van der Waals surface area contributed by atoms with Gasteiger partial charge in [0.05, 0.1) is 11.3 Å². The van der Waals surface area contributed by atoms with Crippen LogP contribution in [0.2, 0.25) is 5.02 Å². The van der Waals surface area contributed by atoms with Crippen LogP contribution in [0.15, 0.2) is 34.0 Å². The number of halogens is 1. The number of ketones is 1. The fourth-order valence-electron chi connectivity index (χ4n) is 1.77. The fourth-order valence-corrected chi connectivity index (χ4v) is 1.93. The second-order valence-corrected chi connectivity index (χ2v) is 4.57. The minimum absolute atomic E-state index is 0.0704. The lowest BCUT2D eigenvalue weighted by Crippen LogP contribution is -2.36. The molecule has 1 heterocycles. The third-order valence-electron chi connectivity index (χ3n) is 2.77. The highest BCUT2D eigenvalue weighted by atomic mass is 35.5. The van der Waals surface area contributed by atoms with Crippen LogP contribution < -0.4 is 11.2 Å². The molecule has 1 N–H and O–H groups in total. The highest BCUT2D eigenvalue weighted by Gasteiger charge is 2.14. The molecule has 0 bridgehead atoms. The number of rotatable bonds is 2. The first-order chi connectivity index (χ1) is 8.91. The van der Waals surface area contributed by atoms with Crippen LogP contribution in [0.4, 0.5) is 0 Å². The van der Waals surface area contributed by atoms with Gasteiger partial charge < -0.3 is 4.98 Å². The molecule has 0 unspecified atom stereocenters. The van der Waals surface area contributed by atoms with E-state index in [1.165, 1.54) is 13.0 Å². The van der Waals surface area contributed by atoms with Crippen molar-refractivity contribution in [3.8, 4) is 5.69 Å². The van der Waals surface area contributed by atoms with Gasteiger partial charge in [-0.05, 0) is 31.5 Å². The van der Waals surface area contributed by atoms with E-state index in [-0.39, 0.29) is 5.56 Å². The van der Waals surface area contributed by atoms with Crippen LogP contribution in [0.25, 0.3) is 5.69 Å². The summed E-state index contributed by atoms with van der Waals surface area (Å²) in [4.78, 5) is 37.7. The Balaban J connectivity index is 2.86. The normalized spacial score (nSPS) is 10.5. The zero-order valence-corrected chi connectivity index (χ0v) is 11.1. The quantitative estimate of drug-likeness (QED) is 0.850. The molecular formula is C13H11ClN2O3. The lowest BCUT2D eigenvalue weighted by atomic mass is 10.2. The second-order valence-electron chi connectivity index (χ2n) is 4.14. The first kappa shape index (κ1) is 13.3. The number of hydrogen-bond donors (Lipinski definition) is 1. The number of carbonyl (C=O) groups excluding carboxylic acids is 1. The molecule has 0 radical (unpaired) electrons. The van der Waals surface area contributed by atoms with Crippen molar-refractivity contribution in [1.82, 2.24) is 9.55 Å². The topological polar surface area (TPSA) is 71.9 Å². The number of benzene rings is 1. The van der Waals surface area contributed by atoms with E-state index in [1.807, 2.05) is 0 Å². The molecule has 1 aromatic heterocycles. The minimum Gasteiger partial charge on any atom is -0.313 e. The molecule has 2 aromatic rings. The van der Waals surface area contributed by atoms with E-state index in [4.69, 9.17) is 11.6 Å². The lowest BCUT2D eigenvalue weighted by molar-refractivity contribution is 0.101. The maximum Gasteiger partial charge on any atom is 0.333 e. The molecule has 5 nitrogen and oxygen atoms in total. The van der Waals surface area contributed by atoms with Gasteiger partial charge in [0, 0.05) is 11.2 Å². The molecule has 98 valence electrons. The first-order valence-corrected chi connectivity index (χ1v) is 5.92. The number of aromatic nitrogens is 2. The maximum absolute atomic E-state index is 12.2. The molecular weight excluding hydrogens is 268 g/mol. The summed E-state index contributed by atoms with van der Waals surface area (Å²) < 4.78 is 0.915. The zero-order chi connectivity index (χ0) is 14.2. The van der Waals surface area contributed by atoms with Crippen molar-refractivity contribution in [3.05, 3.63) is 61.4 Å². The van der Waals surface area contributed by atoms with E-state index in [2.05, 4.69) is 4.98 Å². The number of hydrogen-bond acceptors (Lipinski definition) is 3. The molecule has 0 aliphatic carbocycles. The molecule has 0 amide bonds. The van der Waals surface area contributed by atoms with E-state index in [0.29, 0.717) is 16.3 Å². The SMILES string of the molecule is CC(=O)c1c[nH]c(=O)n(-c2cc(Cl)ccc2C)c1=O. The van der Waals surface area contributed by atoms with Crippen molar-refractivity contribution in [1.29, 1.82) is 0 Å². The number of carbonyl (C=O) groups is 1. The molecule has 0 saturated carbocycles. The predicted molar refractivity (Wildman–Crippen MR) is 72.4 cm³/mol. The molecule has 1 aromatic carbocycles. The summed E-state index contributed by atoms with van der Waals surface area (Å²) in [5.74, 6) is -0.408. The zero-order valence-electron chi connectivity index (χ0n) is 10.4. The highest BCUT2D eigenvalue weighted by Crippen LogP contribution is 2.17. The van der Waals surface area contributed by atoms with Crippen molar-refractivity contribution in [2.24, 2.45) is 0 Å². The molecule has 19 heavy (non-hydrogen) atoms. The van der Waals surface area contributed by atoms with Gasteiger partial charge in [-0.2, -0.15) is 0 Å². The Morgan fingerprint density at radius 2 is 2.00 bits per heavy atom. The van der Waals surface area contributed by atoms with Gasteiger partial charge in [0.25, 0.3) is 5.56 Å². The Labute approximate surface area is 113 Å². The van der Waals surface area contributed by atoms with E-state index < -0.39 is 17.0 Å². The molecule has 0 fully saturated rings. The van der Waals surface area contributed by atoms with Crippen molar-refractivity contribution in [2.75, 3.05) is 0 Å². The van der Waals surface area contributed by atoms with Crippen molar-refractivity contribution in [2.45, 2.75) is 13.8 Å². The smallest absolute Gasteiger partial charge is 0.313 e. The Morgan fingerprint density at radius 3 is 2.63 bits per heavy atom. The Bertz CT molecular complexity index is 774. The molecule has 0 atom stereocenters. The number of nitrogens with one attached hydrogen (secondary N) is 1. The summed E-state index contributed by atoms with van der Waals surface area (Å²) >= 11 is 5.88. The minimum atomic E-state index is -0.651.